The number of hydrogen-bond donors (Lipinski definition) is 0. The Labute approximate surface area is 147 Å². The molecule has 0 unspecified atom stereocenters. The van der Waals surface area contributed by atoms with Crippen LogP contribution in [0.1, 0.15) is 37.0 Å². The van der Waals surface area contributed by atoms with Gasteiger partial charge in [-0.2, -0.15) is 0 Å². The van der Waals surface area contributed by atoms with Crippen LogP contribution in [0.25, 0.3) is 11.1 Å². The number of ketones is 1. The largest absolute Gasteiger partial charge is 0.375 e. The van der Waals surface area contributed by atoms with Crippen LogP contribution in [0.5, 0.6) is 0 Å². The Bertz CT molecular complexity index is 705. The number of aldehydes is 1. The maximum atomic E-state index is 10.8. The molecule has 3 nitrogen and oxygen atoms in total. The van der Waals surface area contributed by atoms with E-state index < -0.39 is 0 Å². The smallest absolute Gasteiger partial charge is 0.150 e. The van der Waals surface area contributed by atoms with Gasteiger partial charge in [-0.15, -0.1) is 0 Å². The normalized spacial score (nSPS) is 16.0. The second-order valence-corrected chi connectivity index (χ2v) is 6.72. The van der Waals surface area contributed by atoms with Gasteiger partial charge in [0.1, 0.15) is 5.78 Å². The highest BCUT2D eigenvalue weighted by Gasteiger charge is 2.26. The molecular formula is C20H21ClO3. The van der Waals surface area contributed by atoms with Crippen molar-refractivity contribution < 1.29 is 14.3 Å². The molecule has 0 atom stereocenters. The number of benzene rings is 2. The highest BCUT2D eigenvalue weighted by Crippen LogP contribution is 2.24. The van der Waals surface area contributed by atoms with Gasteiger partial charge in [0.15, 0.2) is 6.29 Å². The molecule has 1 fully saturated rings. The van der Waals surface area contributed by atoms with Crippen LogP contribution < -0.4 is 0 Å². The van der Waals surface area contributed by atoms with Gasteiger partial charge in [0.2, 0.25) is 0 Å². The van der Waals surface area contributed by atoms with Crippen molar-refractivity contribution in [2.45, 2.75) is 32.3 Å². The Morgan fingerprint density at radius 2 is 1.75 bits per heavy atom. The zero-order valence-corrected chi connectivity index (χ0v) is 14.7. The van der Waals surface area contributed by atoms with E-state index in [2.05, 4.69) is 0 Å². The molecule has 2 aromatic carbocycles. The van der Waals surface area contributed by atoms with Crippen LogP contribution in [0.2, 0.25) is 5.02 Å². The molecule has 4 heteroatoms. The summed E-state index contributed by atoms with van der Waals surface area (Å²) in [6, 6.07) is 14.9. The van der Waals surface area contributed by atoms with Crippen molar-refractivity contribution in [3.05, 3.63) is 59.1 Å². The van der Waals surface area contributed by atoms with Crippen LogP contribution in [0.3, 0.4) is 0 Å². The maximum absolute atomic E-state index is 10.8. The zero-order chi connectivity index (χ0) is 17.6. The minimum atomic E-state index is -0.199. The van der Waals surface area contributed by atoms with Crippen molar-refractivity contribution >= 4 is 23.7 Å². The van der Waals surface area contributed by atoms with Gasteiger partial charge >= 0.3 is 0 Å². The molecule has 0 aromatic heterocycles. The summed E-state index contributed by atoms with van der Waals surface area (Å²) in [5.74, 6) is 0.325. The topological polar surface area (TPSA) is 43.4 Å². The van der Waals surface area contributed by atoms with Gasteiger partial charge in [-0.3, -0.25) is 9.59 Å². The first-order chi connectivity index (χ1) is 11.4. The van der Waals surface area contributed by atoms with Crippen LogP contribution in [-0.4, -0.2) is 24.3 Å². The molecule has 0 amide bonds. The van der Waals surface area contributed by atoms with Crippen molar-refractivity contribution in [3.63, 3.8) is 0 Å². The van der Waals surface area contributed by atoms with Gasteiger partial charge in [0.25, 0.3) is 0 Å². The number of hydrogen-bond acceptors (Lipinski definition) is 3. The van der Waals surface area contributed by atoms with Crippen molar-refractivity contribution in [2.24, 2.45) is 0 Å². The fraction of sp³-hybridized carbons (Fsp3) is 0.300. The lowest BCUT2D eigenvalue weighted by Gasteiger charge is -2.28. The average molecular weight is 345 g/mol. The molecule has 2 aromatic rings. The Morgan fingerprint density at radius 1 is 1.08 bits per heavy atom. The maximum Gasteiger partial charge on any atom is 0.150 e. The predicted molar refractivity (Wildman–Crippen MR) is 96.5 cm³/mol. The lowest BCUT2D eigenvalue weighted by molar-refractivity contribution is -0.135. The van der Waals surface area contributed by atoms with Crippen LogP contribution in [-0.2, 0) is 9.53 Å². The first kappa shape index (κ1) is 18.4. The summed E-state index contributed by atoms with van der Waals surface area (Å²) in [5, 5.41) is 0.697. The number of halogens is 1. The fourth-order valence-corrected chi connectivity index (χ4v) is 2.67. The zero-order valence-electron chi connectivity index (χ0n) is 13.9. The van der Waals surface area contributed by atoms with Crippen LogP contribution >= 0.6 is 11.6 Å². The molecule has 0 bridgehead atoms. The Kier molecular flexibility index (Phi) is 6.29. The number of carbonyl (C=O) groups excluding carboxylic acids is 2. The van der Waals surface area contributed by atoms with E-state index in [9.17, 15) is 9.59 Å². The Hall–Kier alpha value is -1.97. The number of carbonyl (C=O) groups is 2. The highest BCUT2D eigenvalue weighted by atomic mass is 35.5. The van der Waals surface area contributed by atoms with E-state index in [4.69, 9.17) is 16.3 Å². The highest BCUT2D eigenvalue weighted by molar-refractivity contribution is 6.30. The quantitative estimate of drug-likeness (QED) is 0.723. The molecular weight excluding hydrogens is 324 g/mol. The minimum Gasteiger partial charge on any atom is -0.375 e. The number of ether oxygens (including phenoxy) is 1. The summed E-state index contributed by atoms with van der Waals surface area (Å²) in [6.07, 6.45) is 2.04. The summed E-state index contributed by atoms with van der Waals surface area (Å²) < 4.78 is 5.31. The van der Waals surface area contributed by atoms with E-state index in [-0.39, 0.29) is 5.60 Å². The number of rotatable bonds is 2. The molecule has 3 rings (SSSR count). The first-order valence-corrected chi connectivity index (χ1v) is 8.25. The van der Waals surface area contributed by atoms with Gasteiger partial charge in [0, 0.05) is 23.4 Å². The monoisotopic (exact) mass is 344 g/mol. The molecule has 1 aliphatic heterocycles. The summed E-state index contributed by atoms with van der Waals surface area (Å²) in [6.45, 7) is 4.50. The van der Waals surface area contributed by atoms with Crippen molar-refractivity contribution in [1.82, 2.24) is 0 Å². The molecule has 0 N–H and O–H groups in total. The second-order valence-electron chi connectivity index (χ2n) is 6.29. The van der Waals surface area contributed by atoms with Gasteiger partial charge in [-0.25, -0.2) is 0 Å². The van der Waals surface area contributed by atoms with Crippen LogP contribution in [0, 0.1) is 0 Å². The summed E-state index contributed by atoms with van der Waals surface area (Å²) in [4.78, 5) is 21.6. The van der Waals surface area contributed by atoms with E-state index >= 15 is 0 Å². The molecule has 0 radical (unpaired) electrons. The van der Waals surface area contributed by atoms with Crippen molar-refractivity contribution in [3.8, 4) is 11.1 Å². The van der Waals surface area contributed by atoms with Gasteiger partial charge in [0.05, 0.1) is 12.2 Å². The molecule has 1 heterocycles. The summed E-state index contributed by atoms with van der Waals surface area (Å²) in [7, 11) is 0. The van der Waals surface area contributed by atoms with Crippen LogP contribution in [0.4, 0.5) is 0 Å². The molecule has 1 saturated heterocycles. The SMILES string of the molecule is CC1(C)CC(=O)CCO1.O=Cc1ccccc1-c1ccc(Cl)cc1. The molecule has 0 spiro atoms. The minimum absolute atomic E-state index is 0.199. The average Bonchev–Trinajstić information content (AvgIpc) is 2.55. The molecule has 0 aliphatic carbocycles. The third-order valence-electron chi connectivity index (χ3n) is 3.74. The molecule has 126 valence electrons. The Balaban J connectivity index is 0.000000198. The summed E-state index contributed by atoms with van der Waals surface area (Å²) >= 11 is 5.80. The van der Waals surface area contributed by atoms with E-state index in [0.29, 0.717) is 35.8 Å². The van der Waals surface area contributed by atoms with Crippen molar-refractivity contribution in [1.29, 1.82) is 0 Å². The van der Waals surface area contributed by atoms with Crippen LogP contribution in [0.15, 0.2) is 48.5 Å². The second kappa shape index (κ2) is 8.22. The fourth-order valence-electron chi connectivity index (χ4n) is 2.55. The number of Topliss-reactive ketones (excluding diaryl/α,β-unsaturated/α-hetero) is 1. The van der Waals surface area contributed by atoms with E-state index in [1.807, 2.05) is 56.3 Å². The van der Waals surface area contributed by atoms with Gasteiger partial charge in [-0.1, -0.05) is 48.0 Å². The van der Waals surface area contributed by atoms with Crippen molar-refractivity contribution in [2.75, 3.05) is 6.61 Å². The summed E-state index contributed by atoms with van der Waals surface area (Å²) in [5.41, 5.74) is 2.43. The van der Waals surface area contributed by atoms with E-state index in [0.717, 1.165) is 17.4 Å². The van der Waals surface area contributed by atoms with E-state index in [1.54, 1.807) is 6.07 Å². The third kappa shape index (κ3) is 5.29. The standard InChI is InChI=1S/C13H9ClO.C7H12O2/c14-12-7-5-10(6-8-12)13-4-2-1-3-11(13)9-15;1-7(2)5-6(8)3-4-9-7/h1-9H;3-5H2,1-2H3. The lowest BCUT2D eigenvalue weighted by atomic mass is 9.97. The van der Waals surface area contributed by atoms with E-state index in [1.165, 1.54) is 0 Å². The van der Waals surface area contributed by atoms with Gasteiger partial charge in [-0.05, 0) is 37.1 Å². The molecule has 0 saturated carbocycles. The lowest BCUT2D eigenvalue weighted by Crippen LogP contribution is -2.33. The third-order valence-corrected chi connectivity index (χ3v) is 3.99. The van der Waals surface area contributed by atoms with Gasteiger partial charge < -0.3 is 4.74 Å². The molecule has 1 aliphatic rings. The predicted octanol–water partition coefficient (Wildman–Crippen LogP) is 4.96. The first-order valence-electron chi connectivity index (χ1n) is 7.87. The molecule has 24 heavy (non-hydrogen) atoms. The Morgan fingerprint density at radius 3 is 2.29 bits per heavy atom.